The number of halogens is 1. The summed E-state index contributed by atoms with van der Waals surface area (Å²) in [6.07, 6.45) is 3.68. The molecule has 0 fully saturated rings. The zero-order valence-electron chi connectivity index (χ0n) is 18.3. The third kappa shape index (κ3) is 5.07. The van der Waals surface area contributed by atoms with Gasteiger partial charge in [0.2, 0.25) is 5.89 Å². The molecule has 34 heavy (non-hydrogen) atoms. The van der Waals surface area contributed by atoms with Crippen LogP contribution in [0.15, 0.2) is 33.5 Å². The van der Waals surface area contributed by atoms with Gasteiger partial charge in [-0.1, -0.05) is 6.42 Å². The first-order chi connectivity index (χ1) is 16.4. The highest BCUT2D eigenvalue weighted by Gasteiger charge is 2.25. The molecular formula is C23H21FN4O5S. The van der Waals surface area contributed by atoms with Crippen molar-refractivity contribution in [1.82, 2.24) is 9.78 Å². The van der Waals surface area contributed by atoms with Crippen molar-refractivity contribution in [2.75, 3.05) is 5.32 Å². The third-order valence-corrected chi connectivity index (χ3v) is 6.63. The average Bonchev–Trinajstić information content (AvgIpc) is 3.23. The number of rotatable bonds is 6. The van der Waals surface area contributed by atoms with E-state index in [1.54, 1.807) is 0 Å². The van der Waals surface area contributed by atoms with Crippen molar-refractivity contribution in [2.24, 2.45) is 0 Å². The molecule has 11 heteroatoms. The van der Waals surface area contributed by atoms with Gasteiger partial charge in [-0.05, 0) is 62.4 Å². The summed E-state index contributed by atoms with van der Waals surface area (Å²) in [4.78, 5) is 38.0. The number of nitrogens with zero attached hydrogens (tertiary/aromatic N) is 3. The number of thiophene rings is 1. The van der Waals surface area contributed by atoms with E-state index >= 15 is 0 Å². The van der Waals surface area contributed by atoms with Gasteiger partial charge in [0.15, 0.2) is 6.10 Å². The highest BCUT2D eigenvalue weighted by Crippen LogP contribution is 2.37. The molecule has 0 radical (unpaired) electrons. The number of anilines is 1. The lowest BCUT2D eigenvalue weighted by molar-refractivity contribution is -0.154. The molecule has 0 spiro atoms. The highest BCUT2D eigenvalue weighted by molar-refractivity contribution is 7.16. The normalized spacial score (nSPS) is 13.9. The molecule has 2 aromatic heterocycles. The lowest BCUT2D eigenvalue weighted by Crippen LogP contribution is -2.32. The van der Waals surface area contributed by atoms with E-state index in [1.165, 1.54) is 42.5 Å². The van der Waals surface area contributed by atoms with Crippen LogP contribution >= 0.6 is 11.3 Å². The van der Waals surface area contributed by atoms with Crippen molar-refractivity contribution < 1.29 is 23.1 Å². The molecule has 1 N–H and O–H groups in total. The molecule has 1 atom stereocenters. The Morgan fingerprint density at radius 2 is 2.03 bits per heavy atom. The number of nitrogens with one attached hydrogen (secondary N) is 1. The molecule has 1 aliphatic carbocycles. The van der Waals surface area contributed by atoms with Crippen molar-refractivity contribution in [3.05, 3.63) is 56.6 Å². The third-order valence-electron chi connectivity index (χ3n) is 5.42. The van der Waals surface area contributed by atoms with Crippen molar-refractivity contribution in [3.63, 3.8) is 0 Å². The fraction of sp³-hybridized carbons (Fsp3) is 0.348. The molecule has 1 aliphatic rings. The van der Waals surface area contributed by atoms with E-state index in [2.05, 4.69) is 16.5 Å². The number of amides is 1. The molecule has 176 valence electrons. The Morgan fingerprint density at radius 3 is 2.76 bits per heavy atom. The van der Waals surface area contributed by atoms with Crippen molar-refractivity contribution in [2.45, 2.75) is 51.7 Å². The topological polar surface area (TPSA) is 127 Å². The second kappa shape index (κ2) is 10.0. The molecule has 3 aromatic rings. The summed E-state index contributed by atoms with van der Waals surface area (Å²) >= 11 is 1.38. The van der Waals surface area contributed by atoms with Crippen LogP contribution in [-0.2, 0) is 33.7 Å². The number of aromatic nitrogens is 2. The fourth-order valence-electron chi connectivity index (χ4n) is 3.69. The number of carbonyl (C=O) groups excluding carboxylic acids is 2. The number of nitriles is 1. The van der Waals surface area contributed by atoms with E-state index in [0.29, 0.717) is 16.1 Å². The smallest absolute Gasteiger partial charge is 0.437 e. The Hall–Kier alpha value is -3.78. The van der Waals surface area contributed by atoms with Gasteiger partial charge in [-0.25, -0.2) is 9.18 Å². The molecule has 0 saturated heterocycles. The van der Waals surface area contributed by atoms with Crippen LogP contribution in [0, 0.1) is 17.1 Å². The largest absolute Gasteiger partial charge is 0.451 e. The minimum atomic E-state index is -1.17. The molecule has 1 amide bonds. The Morgan fingerprint density at radius 1 is 1.29 bits per heavy atom. The molecule has 0 saturated carbocycles. The molecule has 1 unspecified atom stereocenters. The second-order valence-corrected chi connectivity index (χ2v) is 8.94. The number of esters is 1. The van der Waals surface area contributed by atoms with Gasteiger partial charge in [0.25, 0.3) is 5.91 Å². The number of carbonyl (C=O) groups is 2. The van der Waals surface area contributed by atoms with Crippen LogP contribution in [0.2, 0.25) is 0 Å². The SMILES string of the molecule is CC(OC(=O)Cn1nc(-c2ccc(F)cc2)oc1=O)C(=O)Nc1sc2c(c1C#N)CCCCC2. The van der Waals surface area contributed by atoms with Crippen LogP contribution < -0.4 is 11.1 Å². The van der Waals surface area contributed by atoms with Gasteiger partial charge in [-0.2, -0.15) is 9.94 Å². The molecule has 4 rings (SSSR count). The predicted octanol–water partition coefficient (Wildman–Crippen LogP) is 3.41. The summed E-state index contributed by atoms with van der Waals surface area (Å²) in [5.74, 6) is -2.88. The summed E-state index contributed by atoms with van der Waals surface area (Å²) in [5, 5.41) is 16.7. The van der Waals surface area contributed by atoms with Crippen molar-refractivity contribution in [3.8, 4) is 17.5 Å². The standard InChI is InChI=1S/C23H21FN4O5S/c1-13(20(30)26-22-17(11-25)16-5-3-2-4-6-18(16)34-22)32-19(29)12-28-23(31)33-21(27-28)14-7-9-15(24)10-8-14/h7-10,13H,2-6,12H2,1H3,(H,26,30). The second-order valence-electron chi connectivity index (χ2n) is 7.84. The van der Waals surface area contributed by atoms with Crippen LogP contribution in [0.5, 0.6) is 0 Å². The van der Waals surface area contributed by atoms with Crippen molar-refractivity contribution in [1.29, 1.82) is 5.26 Å². The van der Waals surface area contributed by atoms with Gasteiger partial charge in [-0.3, -0.25) is 9.59 Å². The lowest BCUT2D eigenvalue weighted by atomic mass is 10.1. The van der Waals surface area contributed by atoms with E-state index < -0.39 is 36.1 Å². The first-order valence-corrected chi connectivity index (χ1v) is 11.6. The zero-order chi connectivity index (χ0) is 24.2. The Labute approximate surface area is 197 Å². The van der Waals surface area contributed by atoms with E-state index in [9.17, 15) is 24.0 Å². The number of hydrogen-bond acceptors (Lipinski definition) is 8. The average molecular weight is 485 g/mol. The fourth-order valence-corrected chi connectivity index (χ4v) is 4.93. The number of hydrogen-bond donors (Lipinski definition) is 1. The number of fused-ring (bicyclic) bond motifs is 1. The minimum absolute atomic E-state index is 0.0786. The Balaban J connectivity index is 1.39. The van der Waals surface area contributed by atoms with Crippen molar-refractivity contribution >= 4 is 28.2 Å². The number of aryl methyl sites for hydroxylation is 1. The van der Waals surface area contributed by atoms with Gasteiger partial charge in [0.1, 0.15) is 23.4 Å². The van der Waals surface area contributed by atoms with Crippen LogP contribution in [0.25, 0.3) is 11.5 Å². The predicted molar refractivity (Wildman–Crippen MR) is 121 cm³/mol. The molecule has 0 aliphatic heterocycles. The van der Waals surface area contributed by atoms with E-state index in [-0.39, 0.29) is 5.89 Å². The molecular weight excluding hydrogens is 463 g/mol. The maximum atomic E-state index is 13.1. The lowest BCUT2D eigenvalue weighted by Gasteiger charge is -2.12. The first-order valence-electron chi connectivity index (χ1n) is 10.7. The van der Waals surface area contributed by atoms with Crippen LogP contribution in [0.3, 0.4) is 0 Å². The first kappa shape index (κ1) is 23.4. The zero-order valence-corrected chi connectivity index (χ0v) is 19.1. The number of ether oxygens (including phenoxy) is 1. The Kier molecular flexibility index (Phi) is 6.88. The summed E-state index contributed by atoms with van der Waals surface area (Å²) in [6.45, 7) is 0.825. The molecule has 9 nitrogen and oxygen atoms in total. The van der Waals surface area contributed by atoms with Crippen LogP contribution in [0.4, 0.5) is 9.39 Å². The Bertz CT molecular complexity index is 1320. The monoisotopic (exact) mass is 484 g/mol. The van der Waals surface area contributed by atoms with Gasteiger partial charge in [0.05, 0.1) is 5.56 Å². The summed E-state index contributed by atoms with van der Waals surface area (Å²) in [5.41, 5.74) is 1.82. The highest BCUT2D eigenvalue weighted by atomic mass is 32.1. The van der Waals surface area contributed by atoms with Gasteiger partial charge in [-0.15, -0.1) is 16.4 Å². The maximum absolute atomic E-state index is 13.1. The molecule has 0 bridgehead atoms. The van der Waals surface area contributed by atoms with Gasteiger partial charge >= 0.3 is 11.7 Å². The molecule has 2 heterocycles. The minimum Gasteiger partial charge on any atom is -0.451 e. The van der Waals surface area contributed by atoms with Crippen LogP contribution in [-0.4, -0.2) is 27.8 Å². The quantitative estimate of drug-likeness (QED) is 0.419. The van der Waals surface area contributed by atoms with Gasteiger partial charge < -0.3 is 14.5 Å². The van der Waals surface area contributed by atoms with Crippen LogP contribution in [0.1, 0.15) is 42.2 Å². The summed E-state index contributed by atoms with van der Waals surface area (Å²) < 4.78 is 24.0. The van der Waals surface area contributed by atoms with E-state index in [0.717, 1.165) is 47.2 Å². The van der Waals surface area contributed by atoms with Gasteiger partial charge in [0, 0.05) is 10.4 Å². The molecule has 1 aromatic carbocycles. The maximum Gasteiger partial charge on any atom is 0.437 e. The van der Waals surface area contributed by atoms with E-state index in [4.69, 9.17) is 9.15 Å². The number of benzene rings is 1. The summed E-state index contributed by atoms with van der Waals surface area (Å²) in [6, 6.07) is 7.33. The van der Waals surface area contributed by atoms with E-state index in [1.807, 2.05) is 0 Å². The summed E-state index contributed by atoms with van der Waals surface area (Å²) in [7, 11) is 0.